The number of nitrogens with zero attached hydrogens (tertiary/aromatic N) is 2. The minimum absolute atomic E-state index is 0.147. The molecule has 0 radical (unpaired) electrons. The molecule has 6 nitrogen and oxygen atoms in total. The van der Waals surface area contributed by atoms with E-state index in [9.17, 15) is 17.6 Å². The molecule has 0 bridgehead atoms. The van der Waals surface area contributed by atoms with Gasteiger partial charge in [0.2, 0.25) is 10.0 Å². The quantitative estimate of drug-likeness (QED) is 0.791. The number of nitrogens with one attached hydrogen (secondary N) is 1. The molecule has 1 atom stereocenters. The van der Waals surface area contributed by atoms with Crippen molar-refractivity contribution in [1.82, 2.24) is 8.87 Å². The van der Waals surface area contributed by atoms with Gasteiger partial charge in [0.25, 0.3) is 5.56 Å². The number of aromatic nitrogens is 1. The second-order valence-corrected chi connectivity index (χ2v) is 8.64. The van der Waals surface area contributed by atoms with Crippen LogP contribution in [0.1, 0.15) is 18.4 Å². The van der Waals surface area contributed by atoms with Crippen molar-refractivity contribution < 1.29 is 17.7 Å². The van der Waals surface area contributed by atoms with E-state index in [1.165, 1.54) is 39.3 Å². The number of benzene rings is 1. The Morgan fingerprint density at radius 3 is 2.38 bits per heavy atom. The largest absolute Gasteiger partial charge is 0.316 e. The molecular formula is C18H23FN3O3S+. The Bertz CT molecular complexity index is 919. The minimum Gasteiger partial charge on any atom is -0.316 e. The number of hydrogen-bond donors (Lipinski definition) is 1. The average molecular weight is 380 g/mol. The molecule has 1 fully saturated rings. The Hall–Kier alpha value is -2.03. The van der Waals surface area contributed by atoms with Crippen LogP contribution in [0.15, 0.2) is 52.3 Å². The van der Waals surface area contributed by atoms with Crippen LogP contribution in [0.3, 0.4) is 0 Å². The fraction of sp³-hybridized carbons (Fsp3) is 0.389. The van der Waals surface area contributed by atoms with Gasteiger partial charge in [0.15, 0.2) is 6.67 Å². The number of quaternary nitrogens is 1. The summed E-state index contributed by atoms with van der Waals surface area (Å²) >= 11 is 0. The summed E-state index contributed by atoms with van der Waals surface area (Å²) in [7, 11) is -1.65. The number of rotatable bonds is 6. The van der Waals surface area contributed by atoms with Gasteiger partial charge in [0, 0.05) is 30.9 Å². The van der Waals surface area contributed by atoms with Gasteiger partial charge in [-0.15, -0.1) is 0 Å². The Morgan fingerprint density at radius 1 is 1.08 bits per heavy atom. The highest BCUT2D eigenvalue weighted by Gasteiger charge is 2.27. The highest BCUT2D eigenvalue weighted by Crippen LogP contribution is 2.19. The summed E-state index contributed by atoms with van der Waals surface area (Å²) in [5.41, 5.74) is 0.696. The molecule has 1 aliphatic heterocycles. The molecule has 1 saturated heterocycles. The third-order valence-corrected chi connectivity index (χ3v) is 6.40. The van der Waals surface area contributed by atoms with Crippen LogP contribution in [0, 0.1) is 5.82 Å². The summed E-state index contributed by atoms with van der Waals surface area (Å²) < 4.78 is 41.2. The molecule has 8 heteroatoms. The molecule has 1 N–H and O–H groups in total. The van der Waals surface area contributed by atoms with Crippen LogP contribution in [0.2, 0.25) is 0 Å². The molecule has 26 heavy (non-hydrogen) atoms. The van der Waals surface area contributed by atoms with Gasteiger partial charge in [0.05, 0.1) is 11.9 Å². The average Bonchev–Trinajstić information content (AvgIpc) is 3.14. The van der Waals surface area contributed by atoms with E-state index in [1.54, 1.807) is 12.1 Å². The summed E-state index contributed by atoms with van der Waals surface area (Å²) in [5.74, 6) is -0.289. The maximum Gasteiger partial charge on any atom is 0.254 e. The molecule has 0 saturated carbocycles. The van der Waals surface area contributed by atoms with Gasteiger partial charge in [-0.05, 0) is 31.0 Å². The molecule has 1 aromatic heterocycles. The third kappa shape index (κ3) is 4.20. The second-order valence-electron chi connectivity index (χ2n) is 6.70. The lowest BCUT2D eigenvalue weighted by atomic mass is 10.2. The number of pyridine rings is 1. The minimum atomic E-state index is -3.55. The summed E-state index contributed by atoms with van der Waals surface area (Å²) in [4.78, 5) is 13.3. The van der Waals surface area contributed by atoms with Gasteiger partial charge < -0.3 is 4.90 Å². The first kappa shape index (κ1) is 18.8. The van der Waals surface area contributed by atoms with Gasteiger partial charge in [-0.1, -0.05) is 12.1 Å². The highest BCUT2D eigenvalue weighted by molar-refractivity contribution is 7.89. The molecule has 1 aromatic carbocycles. The summed E-state index contributed by atoms with van der Waals surface area (Å²) in [6.07, 6.45) is 3.15. The fourth-order valence-corrected chi connectivity index (χ4v) is 4.70. The van der Waals surface area contributed by atoms with Crippen molar-refractivity contribution in [2.45, 2.75) is 31.0 Å². The molecular weight excluding hydrogens is 357 g/mol. The van der Waals surface area contributed by atoms with Crippen molar-refractivity contribution in [3.05, 3.63) is 64.3 Å². The maximum absolute atomic E-state index is 13.0. The normalized spacial score (nSPS) is 16.7. The first-order valence-electron chi connectivity index (χ1n) is 8.63. The van der Waals surface area contributed by atoms with Crippen molar-refractivity contribution in [2.24, 2.45) is 0 Å². The zero-order valence-electron chi connectivity index (χ0n) is 14.7. The molecule has 0 amide bonds. The fourth-order valence-electron chi connectivity index (χ4n) is 3.16. The number of halogens is 1. The second kappa shape index (κ2) is 7.69. The summed E-state index contributed by atoms with van der Waals surface area (Å²) in [6.45, 7) is 1.96. The van der Waals surface area contributed by atoms with E-state index in [1.807, 2.05) is 7.05 Å². The lowest BCUT2D eigenvalue weighted by Gasteiger charge is -2.18. The van der Waals surface area contributed by atoms with Gasteiger partial charge in [-0.2, -0.15) is 4.31 Å². The van der Waals surface area contributed by atoms with E-state index in [2.05, 4.69) is 0 Å². The zero-order valence-corrected chi connectivity index (χ0v) is 15.5. The molecule has 0 spiro atoms. The van der Waals surface area contributed by atoms with Crippen LogP contribution < -0.4 is 10.5 Å². The van der Waals surface area contributed by atoms with Crippen molar-refractivity contribution in [2.75, 3.05) is 20.1 Å². The van der Waals surface area contributed by atoms with Gasteiger partial charge in [0.1, 0.15) is 12.4 Å². The number of hydrogen-bond acceptors (Lipinski definition) is 3. The molecule has 140 valence electrons. The van der Waals surface area contributed by atoms with Gasteiger partial charge in [-0.25, -0.2) is 12.8 Å². The van der Waals surface area contributed by atoms with Gasteiger partial charge in [-0.3, -0.25) is 9.36 Å². The molecule has 1 unspecified atom stereocenters. The molecule has 3 rings (SSSR count). The van der Waals surface area contributed by atoms with E-state index >= 15 is 0 Å². The highest BCUT2D eigenvalue weighted by atomic mass is 32.2. The maximum atomic E-state index is 13.0. The SMILES string of the molecule is C[NH+](Cc1ccc(F)cc1)Cn1cc(S(=O)(=O)N2CCCC2)ccc1=O. The van der Waals surface area contributed by atoms with E-state index in [0.29, 0.717) is 26.3 Å². The Morgan fingerprint density at radius 2 is 1.73 bits per heavy atom. The Balaban J connectivity index is 1.77. The van der Waals surface area contributed by atoms with Crippen molar-refractivity contribution >= 4 is 10.0 Å². The van der Waals surface area contributed by atoms with E-state index in [-0.39, 0.29) is 16.3 Å². The van der Waals surface area contributed by atoms with E-state index in [4.69, 9.17) is 0 Å². The molecule has 2 aromatic rings. The zero-order chi connectivity index (χ0) is 18.7. The standard InChI is InChI=1S/C18H22FN3O3S/c1-20(12-15-4-6-16(19)7-5-15)14-21-13-17(8-9-18(21)23)26(24,25)22-10-2-3-11-22/h4-9,13H,2-3,10-12,14H2,1H3/p+1. The predicted molar refractivity (Wildman–Crippen MR) is 95.7 cm³/mol. The van der Waals surface area contributed by atoms with Crippen LogP contribution in [-0.2, 0) is 23.2 Å². The Labute approximate surface area is 152 Å². The topological polar surface area (TPSA) is 63.8 Å². The number of sulfonamides is 1. The smallest absolute Gasteiger partial charge is 0.254 e. The summed E-state index contributed by atoms with van der Waals surface area (Å²) in [6, 6.07) is 8.89. The van der Waals surface area contributed by atoms with Crippen LogP contribution in [-0.4, -0.2) is 37.4 Å². The van der Waals surface area contributed by atoms with Crippen LogP contribution >= 0.6 is 0 Å². The lowest BCUT2D eigenvalue weighted by molar-refractivity contribution is -0.917. The first-order valence-corrected chi connectivity index (χ1v) is 10.1. The van der Waals surface area contributed by atoms with Crippen molar-refractivity contribution in [3.63, 3.8) is 0 Å². The molecule has 0 aliphatic carbocycles. The third-order valence-electron chi connectivity index (χ3n) is 4.52. The Kier molecular flexibility index (Phi) is 5.55. The van der Waals surface area contributed by atoms with Gasteiger partial charge >= 0.3 is 0 Å². The van der Waals surface area contributed by atoms with E-state index < -0.39 is 10.0 Å². The van der Waals surface area contributed by atoms with Crippen LogP contribution in [0.5, 0.6) is 0 Å². The molecule has 1 aliphatic rings. The molecule has 2 heterocycles. The predicted octanol–water partition coefficient (Wildman–Crippen LogP) is 0.444. The van der Waals surface area contributed by atoms with Crippen molar-refractivity contribution in [3.8, 4) is 0 Å². The lowest BCUT2D eigenvalue weighted by Crippen LogP contribution is -3.07. The van der Waals surface area contributed by atoms with E-state index in [0.717, 1.165) is 23.3 Å². The first-order chi connectivity index (χ1) is 12.4. The monoisotopic (exact) mass is 380 g/mol. The van der Waals surface area contributed by atoms with Crippen LogP contribution in [0.25, 0.3) is 0 Å². The van der Waals surface area contributed by atoms with Crippen molar-refractivity contribution in [1.29, 1.82) is 0 Å². The summed E-state index contributed by atoms with van der Waals surface area (Å²) in [5, 5.41) is 0. The van der Waals surface area contributed by atoms with Crippen LogP contribution in [0.4, 0.5) is 4.39 Å².